The van der Waals surface area contributed by atoms with Crippen molar-refractivity contribution in [3.8, 4) is 17.6 Å². The molecule has 13 heteroatoms. The number of non-ortho nitro benzene ring substituents is 1. The fraction of sp³-hybridized carbons (Fsp3) is 0.200. The van der Waals surface area contributed by atoms with Crippen LogP contribution in [0.2, 0.25) is 0 Å². The maximum Gasteiger partial charge on any atom is 0.346 e. The van der Waals surface area contributed by atoms with Gasteiger partial charge in [0.25, 0.3) is 5.69 Å². The molecule has 0 unspecified atom stereocenters. The van der Waals surface area contributed by atoms with Crippen LogP contribution in [0.5, 0.6) is 11.5 Å². The molecule has 0 aliphatic heterocycles. The molecule has 2 aliphatic carbocycles. The lowest BCUT2D eigenvalue weighted by Crippen LogP contribution is -2.48. The van der Waals surface area contributed by atoms with Crippen molar-refractivity contribution in [2.75, 3.05) is 0 Å². The zero-order chi connectivity index (χ0) is 27.6. The number of rotatable bonds is 5. The van der Waals surface area contributed by atoms with Crippen LogP contribution in [-0.2, 0) is 16.3 Å². The van der Waals surface area contributed by atoms with Crippen LogP contribution in [0.3, 0.4) is 0 Å². The highest BCUT2D eigenvalue weighted by atomic mass is 19.3. The fourth-order valence-corrected chi connectivity index (χ4v) is 4.73. The van der Waals surface area contributed by atoms with Gasteiger partial charge in [0.2, 0.25) is 0 Å². The molecule has 3 aromatic rings. The predicted molar refractivity (Wildman–Crippen MR) is 116 cm³/mol. The Morgan fingerprint density at radius 3 is 2.42 bits per heavy atom. The number of hydrogen-bond donors (Lipinski definition) is 1. The van der Waals surface area contributed by atoms with Crippen molar-refractivity contribution in [3.05, 3.63) is 98.3 Å². The predicted octanol–water partition coefficient (Wildman–Crippen LogP) is 5.63. The summed E-state index contributed by atoms with van der Waals surface area (Å²) in [5, 5.41) is 30.8. The summed E-state index contributed by atoms with van der Waals surface area (Å²) in [5.41, 5.74) is -6.73. The van der Waals surface area contributed by atoms with E-state index in [-0.39, 0.29) is 22.6 Å². The smallest absolute Gasteiger partial charge is 0.346 e. The second kappa shape index (κ2) is 8.22. The van der Waals surface area contributed by atoms with Crippen LogP contribution >= 0.6 is 0 Å². The quantitative estimate of drug-likeness (QED) is 0.196. The minimum atomic E-state index is -4.99. The number of benzene rings is 3. The molecule has 38 heavy (non-hydrogen) atoms. The monoisotopic (exact) mass is 532 g/mol. The Kier molecular flexibility index (Phi) is 5.43. The van der Waals surface area contributed by atoms with E-state index in [4.69, 9.17) is 14.7 Å². The summed E-state index contributed by atoms with van der Waals surface area (Å²) in [4.78, 5) is 22.9. The largest absolute Gasteiger partial charge is 0.457 e. The van der Waals surface area contributed by atoms with Crippen LogP contribution in [0, 0.1) is 27.3 Å². The first kappa shape index (κ1) is 25.1. The second-order valence-electron chi connectivity index (χ2n) is 8.70. The second-order valence-corrected chi connectivity index (χ2v) is 8.70. The number of halogens is 5. The summed E-state index contributed by atoms with van der Waals surface area (Å²) >= 11 is 0. The molecule has 5 rings (SSSR count). The van der Waals surface area contributed by atoms with Gasteiger partial charge in [0.1, 0.15) is 23.4 Å². The molecule has 0 radical (unpaired) electrons. The average molecular weight is 532 g/mol. The lowest BCUT2D eigenvalue weighted by molar-refractivity contribution is -0.384. The molecule has 3 aromatic carbocycles. The summed E-state index contributed by atoms with van der Waals surface area (Å²) < 4.78 is 84.0. The van der Waals surface area contributed by atoms with Gasteiger partial charge in [0, 0.05) is 41.3 Å². The van der Waals surface area contributed by atoms with Crippen LogP contribution in [0.25, 0.3) is 0 Å². The zero-order valence-electron chi connectivity index (χ0n) is 18.8. The molecule has 0 bridgehead atoms. The maximum atomic E-state index is 14.9. The normalized spacial score (nSPS) is 21.9. The minimum Gasteiger partial charge on any atom is -0.457 e. The number of ether oxygens (including phenoxy) is 2. The number of nitrogens with zero attached hydrogens (tertiary/aromatic N) is 2. The standard InChI is InChI=1S/C25H13F5N2O6/c26-14-7-12(11-31)8-16(9-14)37-18-6-5-17-21-20(18)19(10-23(21,34)25(29,30)24(17,27)28)38-22(33)13-1-3-15(4-2-13)32(35)36/h1-9,19,34H,10H2/t19-,23+/m0/s1. The number of carbonyl (C=O) groups is 1. The highest BCUT2D eigenvalue weighted by Gasteiger charge is 2.79. The van der Waals surface area contributed by atoms with E-state index in [1.54, 1.807) is 6.07 Å². The van der Waals surface area contributed by atoms with E-state index < -0.39 is 69.1 Å². The Balaban J connectivity index is 1.60. The molecular formula is C25H13F5N2O6. The molecule has 194 valence electrons. The van der Waals surface area contributed by atoms with Crippen LogP contribution in [0.1, 0.15) is 45.1 Å². The van der Waals surface area contributed by atoms with Gasteiger partial charge < -0.3 is 14.6 Å². The van der Waals surface area contributed by atoms with Gasteiger partial charge in [-0.15, -0.1) is 0 Å². The SMILES string of the molecule is N#Cc1cc(F)cc(Oc2ccc3c4c2[C@@H](OC(=O)c2ccc([N+](=O)[O-])cc2)C[C@]4(O)C(F)(F)C3(F)F)c1. The van der Waals surface area contributed by atoms with Crippen molar-refractivity contribution in [2.24, 2.45) is 0 Å². The first-order valence-electron chi connectivity index (χ1n) is 10.8. The molecule has 0 aromatic heterocycles. The number of nitro benzene ring substituents is 1. The number of carbonyl (C=O) groups excluding carboxylic acids is 1. The first-order chi connectivity index (χ1) is 17.8. The maximum absolute atomic E-state index is 14.9. The van der Waals surface area contributed by atoms with Gasteiger partial charge in [-0.3, -0.25) is 10.1 Å². The fourth-order valence-electron chi connectivity index (χ4n) is 4.73. The highest BCUT2D eigenvalue weighted by Crippen LogP contribution is 2.68. The highest BCUT2D eigenvalue weighted by molar-refractivity contribution is 5.90. The van der Waals surface area contributed by atoms with Gasteiger partial charge in [-0.05, 0) is 36.4 Å². The number of nitriles is 1. The molecule has 2 atom stereocenters. The minimum absolute atomic E-state index is 0.159. The lowest BCUT2D eigenvalue weighted by atomic mass is 9.94. The van der Waals surface area contributed by atoms with Crippen LogP contribution in [0.4, 0.5) is 27.6 Å². The molecule has 0 heterocycles. The summed E-state index contributed by atoms with van der Waals surface area (Å²) in [6, 6.07) is 10.1. The Labute approximate surface area is 209 Å². The molecule has 2 aliphatic rings. The summed E-state index contributed by atoms with van der Waals surface area (Å²) in [6.07, 6.45) is -2.89. The van der Waals surface area contributed by atoms with Crippen molar-refractivity contribution in [2.45, 2.75) is 30.0 Å². The van der Waals surface area contributed by atoms with Crippen molar-refractivity contribution < 1.29 is 46.3 Å². The number of esters is 1. The third-order valence-corrected chi connectivity index (χ3v) is 6.47. The number of nitro groups is 1. The summed E-state index contributed by atoms with van der Waals surface area (Å²) in [5.74, 6) is -12.5. The summed E-state index contributed by atoms with van der Waals surface area (Å²) in [7, 11) is 0. The average Bonchev–Trinajstić information content (AvgIpc) is 3.22. The van der Waals surface area contributed by atoms with E-state index in [0.717, 1.165) is 48.5 Å². The third-order valence-electron chi connectivity index (χ3n) is 6.47. The zero-order valence-corrected chi connectivity index (χ0v) is 18.8. The van der Waals surface area contributed by atoms with E-state index in [0.29, 0.717) is 6.07 Å². The van der Waals surface area contributed by atoms with Crippen molar-refractivity contribution in [1.29, 1.82) is 5.26 Å². The third kappa shape index (κ3) is 3.48. The van der Waals surface area contributed by atoms with Crippen molar-refractivity contribution >= 4 is 11.7 Å². The van der Waals surface area contributed by atoms with E-state index in [1.165, 1.54) is 0 Å². The van der Waals surface area contributed by atoms with Crippen LogP contribution in [-0.4, -0.2) is 21.9 Å². The Morgan fingerprint density at radius 2 is 1.79 bits per heavy atom. The molecular weight excluding hydrogens is 519 g/mol. The van der Waals surface area contributed by atoms with Gasteiger partial charge in [-0.1, -0.05) is 0 Å². The molecule has 0 spiro atoms. The van der Waals surface area contributed by atoms with Gasteiger partial charge in [-0.25, -0.2) is 9.18 Å². The van der Waals surface area contributed by atoms with E-state index in [9.17, 15) is 42.0 Å². The van der Waals surface area contributed by atoms with Gasteiger partial charge in [0.15, 0.2) is 5.60 Å². The number of aliphatic hydroxyl groups is 1. The van der Waals surface area contributed by atoms with Crippen molar-refractivity contribution in [1.82, 2.24) is 0 Å². The Morgan fingerprint density at radius 1 is 1.11 bits per heavy atom. The lowest BCUT2D eigenvalue weighted by Gasteiger charge is -2.30. The molecule has 1 N–H and O–H groups in total. The van der Waals surface area contributed by atoms with Crippen molar-refractivity contribution in [3.63, 3.8) is 0 Å². The topological polar surface area (TPSA) is 123 Å². The first-order valence-corrected chi connectivity index (χ1v) is 10.8. The van der Waals surface area contributed by atoms with Crippen LogP contribution in [0.15, 0.2) is 54.6 Å². The van der Waals surface area contributed by atoms with Crippen LogP contribution < -0.4 is 4.74 Å². The van der Waals surface area contributed by atoms with E-state index in [2.05, 4.69) is 0 Å². The Hall–Kier alpha value is -4.57. The van der Waals surface area contributed by atoms with Gasteiger partial charge in [0.05, 0.1) is 22.1 Å². The number of alkyl halides is 4. The van der Waals surface area contributed by atoms with E-state index >= 15 is 0 Å². The molecule has 0 saturated heterocycles. The Bertz CT molecular complexity index is 1550. The van der Waals surface area contributed by atoms with E-state index in [1.807, 2.05) is 0 Å². The molecule has 0 saturated carbocycles. The molecule has 0 fully saturated rings. The van der Waals surface area contributed by atoms with Gasteiger partial charge >= 0.3 is 17.8 Å². The molecule has 8 nitrogen and oxygen atoms in total. The molecule has 0 amide bonds. The van der Waals surface area contributed by atoms with Gasteiger partial charge in [-0.2, -0.15) is 22.8 Å². The number of hydrogen-bond acceptors (Lipinski definition) is 7. The summed E-state index contributed by atoms with van der Waals surface area (Å²) in [6.45, 7) is 0.